The fraction of sp³-hybridized carbons (Fsp3) is 1.00. The lowest BCUT2D eigenvalue weighted by atomic mass is 10.1. The summed E-state index contributed by atoms with van der Waals surface area (Å²) in [4.78, 5) is 0. The predicted molar refractivity (Wildman–Crippen MR) is 70.6 cm³/mol. The first-order valence-electron chi connectivity index (χ1n) is 5.14. The van der Waals surface area contributed by atoms with Crippen LogP contribution < -0.4 is 0 Å². The lowest BCUT2D eigenvalue weighted by Crippen LogP contribution is -2.23. The number of rotatable bonds is 8. The molecule has 0 fully saturated rings. The smallest absolute Gasteiger partial charge is 0.151 e. The number of sulfone groups is 2. The van der Waals surface area contributed by atoms with Crippen molar-refractivity contribution < 1.29 is 16.8 Å². The van der Waals surface area contributed by atoms with Gasteiger partial charge in [-0.3, -0.25) is 0 Å². The molecule has 0 aliphatic carbocycles. The molecule has 16 heavy (non-hydrogen) atoms. The molecule has 98 valence electrons. The van der Waals surface area contributed by atoms with Gasteiger partial charge in [0.25, 0.3) is 0 Å². The van der Waals surface area contributed by atoms with Crippen molar-refractivity contribution in [2.24, 2.45) is 5.92 Å². The van der Waals surface area contributed by atoms with Crippen LogP contribution >= 0.6 is 15.9 Å². The van der Waals surface area contributed by atoms with Gasteiger partial charge >= 0.3 is 0 Å². The normalized spacial score (nSPS) is 14.9. The Labute approximate surface area is 107 Å². The molecule has 1 atom stereocenters. The highest BCUT2D eigenvalue weighted by Crippen LogP contribution is 2.13. The van der Waals surface area contributed by atoms with E-state index in [1.54, 1.807) is 0 Å². The zero-order valence-corrected chi connectivity index (χ0v) is 12.9. The second kappa shape index (κ2) is 6.96. The van der Waals surface area contributed by atoms with Gasteiger partial charge in [-0.1, -0.05) is 29.3 Å². The predicted octanol–water partition coefficient (Wildman–Crippen LogP) is 1.26. The Bertz CT molecular complexity index is 386. The Hall–Kier alpha value is 0.380. The highest BCUT2D eigenvalue weighted by molar-refractivity contribution is 9.09. The molecule has 0 aliphatic rings. The summed E-state index contributed by atoms with van der Waals surface area (Å²) in [5.41, 5.74) is 0. The van der Waals surface area contributed by atoms with Crippen molar-refractivity contribution in [3.05, 3.63) is 0 Å². The van der Waals surface area contributed by atoms with Crippen molar-refractivity contribution in [2.75, 3.05) is 28.8 Å². The molecule has 0 aliphatic heterocycles. The highest BCUT2D eigenvalue weighted by atomic mass is 79.9. The van der Waals surface area contributed by atoms with Crippen molar-refractivity contribution >= 4 is 35.6 Å². The van der Waals surface area contributed by atoms with Crippen LogP contribution in [0.1, 0.15) is 19.8 Å². The van der Waals surface area contributed by atoms with Gasteiger partial charge < -0.3 is 0 Å². The van der Waals surface area contributed by atoms with E-state index in [2.05, 4.69) is 15.9 Å². The van der Waals surface area contributed by atoms with Gasteiger partial charge in [-0.05, 0) is 12.3 Å². The van der Waals surface area contributed by atoms with Crippen molar-refractivity contribution in [3.8, 4) is 0 Å². The zero-order valence-electron chi connectivity index (χ0n) is 9.65. The summed E-state index contributed by atoms with van der Waals surface area (Å²) in [5, 5.41) is 0.638. The third kappa shape index (κ3) is 8.52. The van der Waals surface area contributed by atoms with Crippen LogP contribution in [0, 0.1) is 5.92 Å². The number of alkyl halides is 1. The van der Waals surface area contributed by atoms with E-state index in [1.807, 2.05) is 6.92 Å². The average molecular weight is 335 g/mol. The van der Waals surface area contributed by atoms with Gasteiger partial charge in [0, 0.05) is 11.6 Å². The van der Waals surface area contributed by atoms with Gasteiger partial charge in [0.1, 0.15) is 9.84 Å². The number of halogens is 1. The maximum atomic E-state index is 11.6. The first-order chi connectivity index (χ1) is 7.20. The Morgan fingerprint density at radius 1 is 1.12 bits per heavy atom. The molecule has 0 bridgehead atoms. The molecule has 0 N–H and O–H groups in total. The maximum Gasteiger partial charge on any atom is 0.151 e. The SMILES string of the molecule is CCCC(CBr)CS(=O)(=O)CCS(C)(=O)=O. The van der Waals surface area contributed by atoms with E-state index in [0.29, 0.717) is 5.33 Å². The first-order valence-corrected chi connectivity index (χ1v) is 10.1. The molecular formula is C9H19BrO4S2. The third-order valence-electron chi connectivity index (χ3n) is 2.17. The molecule has 7 heteroatoms. The quantitative estimate of drug-likeness (QED) is 0.626. The average Bonchev–Trinajstić information content (AvgIpc) is 2.13. The lowest BCUT2D eigenvalue weighted by molar-refractivity contribution is 0.551. The largest absolute Gasteiger partial charge is 0.229 e. The van der Waals surface area contributed by atoms with E-state index in [4.69, 9.17) is 0 Å². The minimum Gasteiger partial charge on any atom is -0.229 e. The van der Waals surface area contributed by atoms with Crippen LogP contribution in [0.3, 0.4) is 0 Å². The van der Waals surface area contributed by atoms with Gasteiger partial charge in [-0.25, -0.2) is 16.8 Å². The summed E-state index contributed by atoms with van der Waals surface area (Å²) in [7, 11) is -6.46. The van der Waals surface area contributed by atoms with Crippen LogP contribution in [0.15, 0.2) is 0 Å². The molecule has 0 rings (SSSR count). The second-order valence-corrected chi connectivity index (χ2v) is 9.19. The zero-order chi connectivity index (χ0) is 12.8. The monoisotopic (exact) mass is 334 g/mol. The molecule has 0 heterocycles. The molecule has 1 unspecified atom stereocenters. The molecule has 0 spiro atoms. The minimum atomic E-state index is -3.26. The lowest BCUT2D eigenvalue weighted by Gasteiger charge is -2.12. The molecule has 0 aromatic rings. The molecule has 0 radical (unpaired) electrons. The van der Waals surface area contributed by atoms with E-state index >= 15 is 0 Å². The fourth-order valence-electron chi connectivity index (χ4n) is 1.33. The summed E-state index contributed by atoms with van der Waals surface area (Å²) < 4.78 is 45.0. The third-order valence-corrected chi connectivity index (χ3v) is 6.10. The van der Waals surface area contributed by atoms with Crippen molar-refractivity contribution in [1.82, 2.24) is 0 Å². The van der Waals surface area contributed by atoms with Crippen LogP contribution in [-0.4, -0.2) is 45.7 Å². The summed E-state index contributed by atoms with van der Waals surface area (Å²) >= 11 is 3.28. The molecular weight excluding hydrogens is 316 g/mol. The fourth-order valence-corrected chi connectivity index (χ4v) is 5.59. The molecule has 4 nitrogen and oxygen atoms in total. The first kappa shape index (κ1) is 16.4. The van der Waals surface area contributed by atoms with E-state index in [1.165, 1.54) is 0 Å². The van der Waals surface area contributed by atoms with E-state index in [0.717, 1.165) is 19.1 Å². The summed E-state index contributed by atoms with van der Waals surface area (Å²) in [6.07, 6.45) is 2.82. The molecule has 0 aromatic heterocycles. The van der Waals surface area contributed by atoms with Crippen LogP contribution in [0.25, 0.3) is 0 Å². The summed E-state index contributed by atoms with van der Waals surface area (Å²) in [6, 6.07) is 0. The molecule has 0 amide bonds. The molecule has 0 saturated carbocycles. The maximum absolute atomic E-state index is 11.6. The minimum absolute atomic E-state index is 0.0710. The van der Waals surface area contributed by atoms with Crippen molar-refractivity contribution in [3.63, 3.8) is 0 Å². The van der Waals surface area contributed by atoms with Crippen LogP contribution in [0.4, 0.5) is 0 Å². The van der Waals surface area contributed by atoms with E-state index in [-0.39, 0.29) is 23.2 Å². The standard InChI is InChI=1S/C9H19BrO4S2/c1-3-4-9(7-10)8-16(13,14)6-5-15(2,11)12/h9H,3-8H2,1-2H3. The Morgan fingerprint density at radius 2 is 1.69 bits per heavy atom. The Kier molecular flexibility index (Phi) is 7.12. The summed E-state index contributed by atoms with van der Waals surface area (Å²) in [5.74, 6) is -0.397. The van der Waals surface area contributed by atoms with E-state index < -0.39 is 19.7 Å². The van der Waals surface area contributed by atoms with Gasteiger partial charge in [0.05, 0.1) is 17.3 Å². The topological polar surface area (TPSA) is 68.3 Å². The van der Waals surface area contributed by atoms with Crippen LogP contribution in [0.5, 0.6) is 0 Å². The Balaban J connectivity index is 4.34. The number of hydrogen-bond acceptors (Lipinski definition) is 4. The van der Waals surface area contributed by atoms with Gasteiger partial charge in [-0.15, -0.1) is 0 Å². The van der Waals surface area contributed by atoms with Crippen LogP contribution in [0.2, 0.25) is 0 Å². The molecule has 0 aromatic carbocycles. The molecule has 0 saturated heterocycles. The van der Waals surface area contributed by atoms with Crippen LogP contribution in [-0.2, 0) is 19.7 Å². The van der Waals surface area contributed by atoms with Gasteiger partial charge in [0.2, 0.25) is 0 Å². The van der Waals surface area contributed by atoms with Crippen molar-refractivity contribution in [1.29, 1.82) is 0 Å². The number of hydrogen-bond donors (Lipinski definition) is 0. The van der Waals surface area contributed by atoms with Gasteiger partial charge in [-0.2, -0.15) is 0 Å². The van der Waals surface area contributed by atoms with Crippen molar-refractivity contribution in [2.45, 2.75) is 19.8 Å². The van der Waals surface area contributed by atoms with Gasteiger partial charge in [0.15, 0.2) is 9.84 Å². The highest BCUT2D eigenvalue weighted by Gasteiger charge is 2.19. The van der Waals surface area contributed by atoms with E-state index in [9.17, 15) is 16.8 Å². The Morgan fingerprint density at radius 3 is 2.06 bits per heavy atom. The second-order valence-electron chi connectivity index (χ2n) is 4.05. The summed E-state index contributed by atoms with van der Waals surface area (Å²) in [6.45, 7) is 2.00.